The lowest BCUT2D eigenvalue weighted by molar-refractivity contribution is -0.245. The lowest BCUT2D eigenvalue weighted by Crippen LogP contribution is -2.68. The summed E-state index contributed by atoms with van der Waals surface area (Å²) < 4.78 is 5.68. The van der Waals surface area contributed by atoms with E-state index in [1.54, 1.807) is 0 Å². The van der Waals surface area contributed by atoms with E-state index in [9.17, 15) is 9.59 Å². The summed E-state index contributed by atoms with van der Waals surface area (Å²) in [6.45, 7) is 21.2. The number of rotatable bonds is 2. The number of hydrogen-bond donors (Lipinski definition) is 0. The molecular weight excluding hydrogens is 432 g/mol. The average molecular weight is 485 g/mol. The zero-order valence-electron chi connectivity index (χ0n) is 24.1. The number of hydrogen-bond acceptors (Lipinski definition) is 3. The Balaban J connectivity index is 1.52. The van der Waals surface area contributed by atoms with Crippen LogP contribution in [0.4, 0.5) is 0 Å². The highest BCUT2D eigenvalue weighted by molar-refractivity contribution is 5.87. The molecule has 10 atom stereocenters. The molecule has 5 saturated carbocycles. The summed E-state index contributed by atoms with van der Waals surface area (Å²) in [6.07, 6.45) is 10.6. The van der Waals surface area contributed by atoms with Gasteiger partial charge in [0.2, 0.25) is 0 Å². The van der Waals surface area contributed by atoms with Crippen molar-refractivity contribution in [3.05, 3.63) is 0 Å². The van der Waals surface area contributed by atoms with Gasteiger partial charge in [0.15, 0.2) is 11.9 Å². The molecule has 3 heteroatoms. The Morgan fingerprint density at radius 2 is 1.54 bits per heavy atom. The summed E-state index contributed by atoms with van der Waals surface area (Å²) in [4.78, 5) is 25.5. The van der Waals surface area contributed by atoms with E-state index in [-0.39, 0.29) is 28.0 Å². The quantitative estimate of drug-likeness (QED) is 0.375. The van der Waals surface area contributed by atoms with E-state index in [1.807, 2.05) is 0 Å². The summed E-state index contributed by atoms with van der Waals surface area (Å²) >= 11 is 0. The van der Waals surface area contributed by atoms with Crippen LogP contribution in [0.25, 0.3) is 0 Å². The molecule has 5 rings (SSSR count). The number of carbonyl (C=O) groups excluding carboxylic acids is 2. The van der Waals surface area contributed by atoms with Gasteiger partial charge >= 0.3 is 5.97 Å². The zero-order chi connectivity index (χ0) is 25.8. The largest absolute Gasteiger partial charge is 0.454 e. The van der Waals surface area contributed by atoms with Gasteiger partial charge in [0.25, 0.3) is 0 Å². The predicted molar refractivity (Wildman–Crippen MR) is 141 cm³/mol. The third-order valence-corrected chi connectivity index (χ3v) is 13.7. The van der Waals surface area contributed by atoms with Gasteiger partial charge in [-0.3, -0.25) is 9.59 Å². The van der Waals surface area contributed by atoms with Gasteiger partial charge in [-0.25, -0.2) is 0 Å². The molecule has 0 N–H and O–H groups in total. The van der Waals surface area contributed by atoms with Gasteiger partial charge in [-0.05, 0) is 109 Å². The van der Waals surface area contributed by atoms with Crippen LogP contribution in [0.3, 0.4) is 0 Å². The summed E-state index contributed by atoms with van der Waals surface area (Å²) in [7, 11) is 0. The van der Waals surface area contributed by atoms with E-state index in [2.05, 4.69) is 55.4 Å². The number of esters is 1. The highest BCUT2D eigenvalue weighted by atomic mass is 16.5. The van der Waals surface area contributed by atoms with Crippen molar-refractivity contribution in [3.8, 4) is 0 Å². The molecule has 0 aromatic carbocycles. The monoisotopic (exact) mass is 484 g/mol. The highest BCUT2D eigenvalue weighted by Crippen LogP contribution is 2.77. The smallest absolute Gasteiger partial charge is 0.303 e. The van der Waals surface area contributed by atoms with Gasteiger partial charge in [0.05, 0.1) is 0 Å². The molecule has 0 bridgehead atoms. The third kappa shape index (κ3) is 3.27. The molecule has 0 radical (unpaired) electrons. The van der Waals surface area contributed by atoms with Crippen molar-refractivity contribution in [3.63, 3.8) is 0 Å². The molecule has 0 aliphatic heterocycles. The Bertz CT molecular complexity index is 904. The maximum Gasteiger partial charge on any atom is 0.303 e. The number of ether oxygens (including phenoxy) is 1. The van der Waals surface area contributed by atoms with Crippen molar-refractivity contribution >= 4 is 11.8 Å². The van der Waals surface area contributed by atoms with Crippen molar-refractivity contribution in [2.75, 3.05) is 0 Å². The van der Waals surface area contributed by atoms with Crippen LogP contribution in [0.15, 0.2) is 0 Å². The first-order chi connectivity index (χ1) is 16.1. The van der Waals surface area contributed by atoms with E-state index < -0.39 is 6.10 Å². The Kier molecular flexibility index (Phi) is 5.76. The van der Waals surface area contributed by atoms with Crippen molar-refractivity contribution < 1.29 is 14.3 Å². The zero-order valence-corrected chi connectivity index (χ0v) is 24.1. The van der Waals surface area contributed by atoms with Crippen LogP contribution in [-0.2, 0) is 14.3 Å². The van der Waals surface area contributed by atoms with Crippen molar-refractivity contribution in [1.29, 1.82) is 0 Å². The fourth-order valence-electron chi connectivity index (χ4n) is 12.0. The Morgan fingerprint density at radius 1 is 0.857 bits per heavy atom. The SMILES string of the molecule is CC(=O)O[C@@H]1C(=O)C[C@@]2(C)[C@@H](CC[C@@]3(C)[C@H]2CC[C@@H]2[C@H]4[C@H](C(C)C)CC[C@]4(C)CC[C@]23C)C1(C)C. The molecule has 0 aromatic rings. The summed E-state index contributed by atoms with van der Waals surface area (Å²) in [5.74, 6) is 4.15. The minimum atomic E-state index is -0.588. The van der Waals surface area contributed by atoms with Gasteiger partial charge in [-0.2, -0.15) is 0 Å². The van der Waals surface area contributed by atoms with E-state index >= 15 is 0 Å². The number of Topliss-reactive ketones (excluding diaryl/α,β-unsaturated/α-hetero) is 1. The second kappa shape index (κ2) is 7.83. The fourth-order valence-corrected chi connectivity index (χ4v) is 12.0. The van der Waals surface area contributed by atoms with Gasteiger partial charge in [-0.1, -0.05) is 55.4 Å². The third-order valence-electron chi connectivity index (χ3n) is 13.7. The van der Waals surface area contributed by atoms with Crippen LogP contribution in [0, 0.1) is 62.6 Å². The summed E-state index contributed by atoms with van der Waals surface area (Å²) in [6, 6.07) is 0. The predicted octanol–water partition coefficient (Wildman–Crippen LogP) is 7.85. The molecule has 0 spiro atoms. The molecule has 0 aromatic heterocycles. The Morgan fingerprint density at radius 3 is 2.17 bits per heavy atom. The van der Waals surface area contributed by atoms with Crippen molar-refractivity contribution in [1.82, 2.24) is 0 Å². The van der Waals surface area contributed by atoms with Crippen LogP contribution in [0.2, 0.25) is 0 Å². The van der Waals surface area contributed by atoms with E-state index in [0.29, 0.717) is 29.1 Å². The summed E-state index contributed by atoms with van der Waals surface area (Å²) in [5.41, 5.74) is 0.840. The molecule has 35 heavy (non-hydrogen) atoms. The second-order valence-electron chi connectivity index (χ2n) is 15.7. The van der Waals surface area contributed by atoms with E-state index in [0.717, 1.165) is 30.1 Å². The second-order valence-corrected chi connectivity index (χ2v) is 15.7. The molecule has 198 valence electrons. The molecule has 0 amide bonds. The van der Waals surface area contributed by atoms with Crippen LogP contribution >= 0.6 is 0 Å². The maximum absolute atomic E-state index is 13.6. The van der Waals surface area contributed by atoms with Gasteiger partial charge < -0.3 is 4.74 Å². The molecule has 5 fully saturated rings. The van der Waals surface area contributed by atoms with E-state index in [1.165, 1.54) is 51.9 Å². The maximum atomic E-state index is 13.6. The molecule has 0 heterocycles. The van der Waals surface area contributed by atoms with Crippen LogP contribution in [0.5, 0.6) is 0 Å². The normalized spacial score (nSPS) is 52.8. The molecule has 5 aliphatic carbocycles. The number of fused-ring (bicyclic) bond motifs is 7. The standard InChI is InChI=1S/C32H52O3/c1-19(2)21-12-14-29(6)16-17-31(8)22(26(21)29)10-11-25-30(7)18-23(34)27(35-20(3)33)28(4,5)24(30)13-15-32(25,31)9/h19,21-22,24-27H,10-18H2,1-9H3/t21-,22+,24-,25-,26+,27+,29+,30-,31+,32-/m0/s1. The Hall–Kier alpha value is -0.860. The minimum absolute atomic E-state index is 0.00785. The number of carbonyl (C=O) groups is 2. The lowest BCUT2D eigenvalue weighted by atomic mass is 9.32. The first-order valence-corrected chi connectivity index (χ1v) is 14.8. The van der Waals surface area contributed by atoms with Gasteiger partial charge in [0, 0.05) is 18.8 Å². The topological polar surface area (TPSA) is 43.4 Å². The molecule has 0 unspecified atom stereocenters. The van der Waals surface area contributed by atoms with Crippen LogP contribution < -0.4 is 0 Å². The number of ketones is 1. The van der Waals surface area contributed by atoms with Crippen molar-refractivity contribution in [2.24, 2.45) is 62.6 Å². The average Bonchev–Trinajstić information content (AvgIpc) is 3.09. The lowest BCUT2D eigenvalue weighted by Gasteiger charge is -2.72. The minimum Gasteiger partial charge on any atom is -0.454 e. The molecule has 0 saturated heterocycles. The Labute approximate surface area is 214 Å². The molecular formula is C32H52O3. The molecule has 3 nitrogen and oxygen atoms in total. The van der Waals surface area contributed by atoms with Gasteiger partial charge in [0.1, 0.15) is 0 Å². The van der Waals surface area contributed by atoms with Crippen LogP contribution in [0.1, 0.15) is 120 Å². The first-order valence-electron chi connectivity index (χ1n) is 14.8. The van der Waals surface area contributed by atoms with Crippen LogP contribution in [-0.4, -0.2) is 17.9 Å². The highest BCUT2D eigenvalue weighted by Gasteiger charge is 2.71. The summed E-state index contributed by atoms with van der Waals surface area (Å²) in [5, 5.41) is 0. The molecule has 5 aliphatic rings. The fraction of sp³-hybridized carbons (Fsp3) is 0.938. The first kappa shape index (κ1) is 25.8. The van der Waals surface area contributed by atoms with Gasteiger partial charge in [-0.15, -0.1) is 0 Å². The van der Waals surface area contributed by atoms with E-state index in [4.69, 9.17) is 4.74 Å². The van der Waals surface area contributed by atoms with Crippen molar-refractivity contribution in [2.45, 2.75) is 126 Å².